The van der Waals surface area contributed by atoms with Gasteiger partial charge in [-0.2, -0.15) is 0 Å². The first-order valence-electron chi connectivity index (χ1n) is 5.86. The van der Waals surface area contributed by atoms with Crippen molar-refractivity contribution in [3.8, 4) is 5.75 Å². The molecule has 4 heteroatoms. The summed E-state index contributed by atoms with van der Waals surface area (Å²) < 4.78 is 0. The Kier molecular flexibility index (Phi) is 4.37. The number of hydrogen-bond donors (Lipinski definition) is 2. The van der Waals surface area contributed by atoms with Gasteiger partial charge in [0, 0.05) is 18.8 Å². The highest BCUT2D eigenvalue weighted by atomic mass is 16.3. The van der Waals surface area contributed by atoms with E-state index in [9.17, 15) is 9.90 Å². The second-order valence-electron chi connectivity index (χ2n) is 4.16. The van der Waals surface area contributed by atoms with Crippen LogP contribution in [0.1, 0.15) is 37.0 Å². The summed E-state index contributed by atoms with van der Waals surface area (Å²) >= 11 is 0. The molecule has 0 bridgehead atoms. The Morgan fingerprint density at radius 2 is 2.00 bits per heavy atom. The summed E-state index contributed by atoms with van der Waals surface area (Å²) in [5, 5.41) is 9.39. The van der Waals surface area contributed by atoms with Gasteiger partial charge in [-0.15, -0.1) is 0 Å². The third-order valence-corrected chi connectivity index (χ3v) is 3.08. The molecule has 0 aliphatic heterocycles. The molecule has 4 nitrogen and oxygen atoms in total. The molecule has 94 valence electrons. The van der Waals surface area contributed by atoms with Crippen molar-refractivity contribution in [3.63, 3.8) is 0 Å². The number of rotatable bonds is 4. The zero-order valence-corrected chi connectivity index (χ0v) is 10.6. The molecule has 0 saturated heterocycles. The predicted molar refractivity (Wildman–Crippen MR) is 69.0 cm³/mol. The van der Waals surface area contributed by atoms with Gasteiger partial charge in [0.1, 0.15) is 5.75 Å². The molecule has 0 unspecified atom stereocenters. The Hall–Kier alpha value is -1.71. The molecule has 17 heavy (non-hydrogen) atoms. The van der Waals surface area contributed by atoms with Crippen LogP contribution in [-0.2, 0) is 0 Å². The molecule has 0 atom stereocenters. The number of phenolic OH excluding ortho intramolecular Hbond substituents is 1. The van der Waals surface area contributed by atoms with Crippen LogP contribution in [0.4, 0.5) is 5.69 Å². The highest BCUT2D eigenvalue weighted by molar-refractivity contribution is 5.99. The lowest BCUT2D eigenvalue weighted by atomic mass is 10.1. The summed E-state index contributed by atoms with van der Waals surface area (Å²) in [7, 11) is 1.77. The zero-order valence-electron chi connectivity index (χ0n) is 10.6. The average Bonchev–Trinajstić information content (AvgIpc) is 2.32. The molecule has 0 saturated carbocycles. The maximum atomic E-state index is 12.2. The van der Waals surface area contributed by atoms with Gasteiger partial charge in [0.05, 0.1) is 5.56 Å². The minimum Gasteiger partial charge on any atom is -0.508 e. The lowest BCUT2D eigenvalue weighted by molar-refractivity contribution is 0.0724. The topological polar surface area (TPSA) is 66.6 Å². The minimum atomic E-state index is -0.146. The van der Waals surface area contributed by atoms with E-state index in [0.717, 1.165) is 12.8 Å². The van der Waals surface area contributed by atoms with Crippen molar-refractivity contribution in [2.45, 2.75) is 32.7 Å². The minimum absolute atomic E-state index is 0.0560. The fraction of sp³-hybridized carbons (Fsp3) is 0.462. The Bertz CT molecular complexity index is 400. The Balaban J connectivity index is 2.99. The SMILES string of the molecule is CCC(CC)N(C)C(=O)c1cc(O)ccc1N. The highest BCUT2D eigenvalue weighted by Gasteiger charge is 2.20. The van der Waals surface area contributed by atoms with Crippen molar-refractivity contribution in [1.82, 2.24) is 4.90 Å². The Labute approximate surface area is 102 Å². The first kappa shape index (κ1) is 13.4. The summed E-state index contributed by atoms with van der Waals surface area (Å²) in [6.07, 6.45) is 1.80. The van der Waals surface area contributed by atoms with Crippen LogP contribution >= 0.6 is 0 Å². The molecule has 1 rings (SSSR count). The molecular weight excluding hydrogens is 216 g/mol. The second-order valence-corrected chi connectivity index (χ2v) is 4.16. The molecule has 0 fully saturated rings. The van der Waals surface area contributed by atoms with Crippen molar-refractivity contribution in [2.24, 2.45) is 0 Å². The third-order valence-electron chi connectivity index (χ3n) is 3.08. The quantitative estimate of drug-likeness (QED) is 0.622. The fourth-order valence-corrected chi connectivity index (χ4v) is 1.92. The number of phenols is 1. The number of amides is 1. The van der Waals surface area contributed by atoms with Gasteiger partial charge in [0.2, 0.25) is 0 Å². The third kappa shape index (κ3) is 2.90. The molecular formula is C13H20N2O2. The number of carbonyl (C=O) groups excluding carboxylic acids is 1. The van der Waals surface area contributed by atoms with Crippen LogP contribution in [0.5, 0.6) is 5.75 Å². The van der Waals surface area contributed by atoms with E-state index in [1.54, 1.807) is 18.0 Å². The number of carbonyl (C=O) groups is 1. The molecule has 1 amide bonds. The van der Waals surface area contributed by atoms with Gasteiger partial charge in [-0.1, -0.05) is 13.8 Å². The maximum absolute atomic E-state index is 12.2. The molecule has 0 aliphatic carbocycles. The smallest absolute Gasteiger partial charge is 0.256 e. The number of nitrogens with zero attached hydrogens (tertiary/aromatic N) is 1. The van der Waals surface area contributed by atoms with E-state index in [4.69, 9.17) is 5.73 Å². The Morgan fingerprint density at radius 1 is 1.41 bits per heavy atom. The van der Waals surface area contributed by atoms with Gasteiger partial charge in [0.25, 0.3) is 5.91 Å². The van der Waals surface area contributed by atoms with E-state index in [0.29, 0.717) is 11.3 Å². The van der Waals surface area contributed by atoms with Gasteiger partial charge in [0.15, 0.2) is 0 Å². The van der Waals surface area contributed by atoms with Crippen LogP contribution < -0.4 is 5.73 Å². The van der Waals surface area contributed by atoms with Crippen LogP contribution in [0, 0.1) is 0 Å². The van der Waals surface area contributed by atoms with Gasteiger partial charge >= 0.3 is 0 Å². The van der Waals surface area contributed by atoms with Crippen molar-refractivity contribution in [2.75, 3.05) is 12.8 Å². The summed E-state index contributed by atoms with van der Waals surface area (Å²) in [4.78, 5) is 13.9. The van der Waals surface area contributed by atoms with E-state index >= 15 is 0 Å². The molecule has 3 N–H and O–H groups in total. The van der Waals surface area contributed by atoms with E-state index in [2.05, 4.69) is 0 Å². The standard InChI is InChI=1S/C13H20N2O2/c1-4-9(5-2)15(3)13(17)11-8-10(16)6-7-12(11)14/h6-9,16H,4-5,14H2,1-3H3. The lowest BCUT2D eigenvalue weighted by Crippen LogP contribution is -2.36. The molecule has 0 spiro atoms. The largest absolute Gasteiger partial charge is 0.508 e. The number of nitrogen functional groups attached to an aromatic ring is 1. The zero-order chi connectivity index (χ0) is 13.0. The molecule has 0 aliphatic rings. The molecule has 0 heterocycles. The second kappa shape index (κ2) is 5.57. The number of nitrogens with two attached hydrogens (primary N) is 1. The van der Waals surface area contributed by atoms with Crippen molar-refractivity contribution < 1.29 is 9.90 Å². The molecule has 1 aromatic rings. The average molecular weight is 236 g/mol. The number of hydrogen-bond acceptors (Lipinski definition) is 3. The number of aromatic hydroxyl groups is 1. The molecule has 0 aromatic heterocycles. The normalized spacial score (nSPS) is 10.6. The van der Waals surface area contributed by atoms with Gasteiger partial charge < -0.3 is 15.7 Å². The monoisotopic (exact) mass is 236 g/mol. The van der Waals surface area contributed by atoms with E-state index < -0.39 is 0 Å². The number of anilines is 1. The number of benzene rings is 1. The summed E-state index contributed by atoms with van der Waals surface area (Å²) in [5.41, 5.74) is 6.51. The van der Waals surface area contributed by atoms with Crippen LogP contribution in [0.2, 0.25) is 0 Å². The van der Waals surface area contributed by atoms with E-state index in [1.165, 1.54) is 12.1 Å². The van der Waals surface area contributed by atoms with Crippen molar-refractivity contribution >= 4 is 11.6 Å². The molecule has 1 aromatic carbocycles. The summed E-state index contributed by atoms with van der Waals surface area (Å²) in [5.74, 6) is -0.0902. The van der Waals surface area contributed by atoms with E-state index in [-0.39, 0.29) is 17.7 Å². The van der Waals surface area contributed by atoms with Gasteiger partial charge in [-0.05, 0) is 31.0 Å². The van der Waals surface area contributed by atoms with Crippen LogP contribution in [-0.4, -0.2) is 29.0 Å². The maximum Gasteiger partial charge on any atom is 0.256 e. The van der Waals surface area contributed by atoms with Crippen LogP contribution in [0.3, 0.4) is 0 Å². The van der Waals surface area contributed by atoms with E-state index in [1.807, 2.05) is 13.8 Å². The van der Waals surface area contributed by atoms with Gasteiger partial charge in [-0.25, -0.2) is 0 Å². The fourth-order valence-electron chi connectivity index (χ4n) is 1.92. The lowest BCUT2D eigenvalue weighted by Gasteiger charge is -2.26. The van der Waals surface area contributed by atoms with Crippen LogP contribution in [0.25, 0.3) is 0 Å². The highest BCUT2D eigenvalue weighted by Crippen LogP contribution is 2.21. The van der Waals surface area contributed by atoms with Crippen LogP contribution in [0.15, 0.2) is 18.2 Å². The Morgan fingerprint density at radius 3 is 2.53 bits per heavy atom. The first-order chi connectivity index (χ1) is 8.01. The van der Waals surface area contributed by atoms with Gasteiger partial charge in [-0.3, -0.25) is 4.79 Å². The summed E-state index contributed by atoms with van der Waals surface area (Å²) in [6, 6.07) is 4.63. The predicted octanol–water partition coefficient (Wildman–Crippen LogP) is 2.23. The summed E-state index contributed by atoms with van der Waals surface area (Å²) in [6.45, 7) is 4.09. The first-order valence-corrected chi connectivity index (χ1v) is 5.86. The van der Waals surface area contributed by atoms with Crippen molar-refractivity contribution in [3.05, 3.63) is 23.8 Å². The molecule has 0 radical (unpaired) electrons. The van der Waals surface area contributed by atoms with Crippen molar-refractivity contribution in [1.29, 1.82) is 0 Å².